The maximum Gasteiger partial charge on any atom is 0.317 e. The number of nitrogens with one attached hydrogen (secondary N) is 2. The molecule has 0 aliphatic heterocycles. The van der Waals surface area contributed by atoms with E-state index in [2.05, 4.69) is 10.6 Å². The van der Waals surface area contributed by atoms with Crippen molar-refractivity contribution >= 4 is 12.0 Å². The normalized spacial score (nSPS) is 13.6. The average molecular weight is 287 g/mol. The molecule has 6 heteroatoms. The summed E-state index contributed by atoms with van der Waals surface area (Å²) in [6.45, 7) is 5.27. The number of amides is 2. The van der Waals surface area contributed by atoms with E-state index < -0.39 is 5.97 Å². The minimum atomic E-state index is -0.758. The molecule has 0 aliphatic rings. The van der Waals surface area contributed by atoms with E-state index in [9.17, 15) is 9.59 Å². The van der Waals surface area contributed by atoms with Crippen LogP contribution in [0.25, 0.3) is 0 Å². The standard InChI is InChI=1S/C14H29N3O3/c1-11(13(18)19)7-5-8-12(2)16-14(20)17(4)10-6-9-15-3/h11-12,15H,5-10H2,1-4H3,(H,16,20)(H,18,19). The summed E-state index contributed by atoms with van der Waals surface area (Å²) in [7, 11) is 3.67. The van der Waals surface area contributed by atoms with Crippen molar-refractivity contribution in [2.24, 2.45) is 5.92 Å². The van der Waals surface area contributed by atoms with Crippen molar-refractivity contribution in [3.8, 4) is 0 Å². The Bertz CT molecular complexity index is 297. The molecule has 0 aromatic rings. The number of carbonyl (C=O) groups excluding carboxylic acids is 1. The fourth-order valence-electron chi connectivity index (χ4n) is 1.84. The van der Waals surface area contributed by atoms with Gasteiger partial charge in [0.1, 0.15) is 0 Å². The Labute approximate surface area is 121 Å². The number of hydrogen-bond donors (Lipinski definition) is 3. The third-order valence-corrected chi connectivity index (χ3v) is 3.33. The summed E-state index contributed by atoms with van der Waals surface area (Å²) in [5.74, 6) is -1.08. The lowest BCUT2D eigenvalue weighted by Crippen LogP contribution is -2.42. The zero-order chi connectivity index (χ0) is 15.5. The van der Waals surface area contributed by atoms with E-state index in [0.29, 0.717) is 6.42 Å². The smallest absolute Gasteiger partial charge is 0.317 e. The lowest BCUT2D eigenvalue weighted by Gasteiger charge is -2.21. The molecular weight excluding hydrogens is 258 g/mol. The topological polar surface area (TPSA) is 81.7 Å². The molecule has 0 heterocycles. The monoisotopic (exact) mass is 287 g/mol. The van der Waals surface area contributed by atoms with Gasteiger partial charge in [0.2, 0.25) is 0 Å². The Kier molecular flexibility index (Phi) is 9.80. The van der Waals surface area contributed by atoms with Gasteiger partial charge in [-0.1, -0.05) is 13.3 Å². The van der Waals surface area contributed by atoms with Gasteiger partial charge in [0, 0.05) is 19.6 Å². The van der Waals surface area contributed by atoms with Crippen LogP contribution >= 0.6 is 0 Å². The van der Waals surface area contributed by atoms with E-state index in [1.165, 1.54) is 0 Å². The number of rotatable bonds is 10. The van der Waals surface area contributed by atoms with Crippen molar-refractivity contribution in [2.45, 2.75) is 45.6 Å². The Hall–Kier alpha value is -1.30. The van der Waals surface area contributed by atoms with Crippen molar-refractivity contribution in [2.75, 3.05) is 27.2 Å². The van der Waals surface area contributed by atoms with Crippen LogP contribution in [0.4, 0.5) is 4.79 Å². The molecule has 0 fully saturated rings. The molecule has 0 saturated carbocycles. The van der Waals surface area contributed by atoms with Crippen molar-refractivity contribution in [1.82, 2.24) is 15.5 Å². The van der Waals surface area contributed by atoms with Crippen LogP contribution in [0.5, 0.6) is 0 Å². The van der Waals surface area contributed by atoms with Gasteiger partial charge in [-0.15, -0.1) is 0 Å². The van der Waals surface area contributed by atoms with Crippen LogP contribution < -0.4 is 10.6 Å². The molecule has 0 rings (SSSR count). The summed E-state index contributed by atoms with van der Waals surface area (Å²) >= 11 is 0. The Morgan fingerprint density at radius 3 is 2.40 bits per heavy atom. The second kappa shape index (κ2) is 10.5. The molecule has 0 bridgehead atoms. The molecule has 118 valence electrons. The van der Waals surface area contributed by atoms with Crippen LogP contribution in [0.15, 0.2) is 0 Å². The van der Waals surface area contributed by atoms with Crippen LogP contribution in [0, 0.1) is 5.92 Å². The van der Waals surface area contributed by atoms with Crippen LogP contribution in [0.1, 0.15) is 39.5 Å². The highest BCUT2D eigenvalue weighted by atomic mass is 16.4. The Morgan fingerprint density at radius 2 is 1.85 bits per heavy atom. The fraction of sp³-hybridized carbons (Fsp3) is 0.857. The summed E-state index contributed by atoms with van der Waals surface area (Å²) in [6.07, 6.45) is 3.17. The van der Waals surface area contributed by atoms with E-state index in [1.807, 2.05) is 14.0 Å². The molecule has 2 amide bonds. The molecule has 3 N–H and O–H groups in total. The van der Waals surface area contributed by atoms with Gasteiger partial charge in [0.05, 0.1) is 5.92 Å². The second-order valence-electron chi connectivity index (χ2n) is 5.40. The van der Waals surface area contributed by atoms with Crippen LogP contribution in [0.2, 0.25) is 0 Å². The number of hydrogen-bond acceptors (Lipinski definition) is 3. The molecule has 0 saturated heterocycles. The first-order valence-corrected chi connectivity index (χ1v) is 7.27. The van der Waals surface area contributed by atoms with Crippen LogP contribution in [-0.2, 0) is 4.79 Å². The summed E-state index contributed by atoms with van der Waals surface area (Å²) < 4.78 is 0. The third kappa shape index (κ3) is 8.74. The molecule has 0 aromatic heterocycles. The predicted octanol–water partition coefficient (Wildman–Crippen LogP) is 1.52. The first kappa shape index (κ1) is 18.7. The lowest BCUT2D eigenvalue weighted by molar-refractivity contribution is -0.141. The molecule has 6 nitrogen and oxygen atoms in total. The molecule has 0 spiro atoms. The van der Waals surface area contributed by atoms with Crippen molar-refractivity contribution in [1.29, 1.82) is 0 Å². The number of carboxylic acids is 1. The van der Waals surface area contributed by atoms with Crippen molar-refractivity contribution < 1.29 is 14.7 Å². The summed E-state index contributed by atoms with van der Waals surface area (Å²) in [5.41, 5.74) is 0. The predicted molar refractivity (Wildman–Crippen MR) is 79.8 cm³/mol. The Morgan fingerprint density at radius 1 is 1.20 bits per heavy atom. The molecule has 2 unspecified atom stereocenters. The van der Waals surface area contributed by atoms with Gasteiger partial charge in [0.15, 0.2) is 0 Å². The van der Waals surface area contributed by atoms with Gasteiger partial charge in [-0.3, -0.25) is 4.79 Å². The van der Waals surface area contributed by atoms with Crippen molar-refractivity contribution in [3.05, 3.63) is 0 Å². The van der Waals surface area contributed by atoms with Gasteiger partial charge < -0.3 is 20.6 Å². The van der Waals surface area contributed by atoms with E-state index in [1.54, 1.807) is 18.9 Å². The zero-order valence-corrected chi connectivity index (χ0v) is 13.1. The largest absolute Gasteiger partial charge is 0.481 e. The van der Waals surface area contributed by atoms with Crippen molar-refractivity contribution in [3.63, 3.8) is 0 Å². The molecular formula is C14H29N3O3. The first-order valence-electron chi connectivity index (χ1n) is 7.27. The average Bonchev–Trinajstić information content (AvgIpc) is 2.38. The third-order valence-electron chi connectivity index (χ3n) is 3.33. The minimum absolute atomic E-state index is 0.0650. The van der Waals surface area contributed by atoms with Gasteiger partial charge in [-0.2, -0.15) is 0 Å². The van der Waals surface area contributed by atoms with Gasteiger partial charge in [-0.25, -0.2) is 4.79 Å². The van der Waals surface area contributed by atoms with E-state index in [0.717, 1.165) is 32.4 Å². The number of carbonyl (C=O) groups is 2. The Balaban J connectivity index is 3.81. The van der Waals surface area contributed by atoms with Crippen LogP contribution in [0.3, 0.4) is 0 Å². The summed E-state index contributed by atoms with van der Waals surface area (Å²) in [4.78, 5) is 24.2. The van der Waals surface area contributed by atoms with Gasteiger partial charge in [0.25, 0.3) is 0 Å². The minimum Gasteiger partial charge on any atom is -0.481 e. The number of carboxylic acid groups (broad SMARTS) is 1. The molecule has 0 radical (unpaired) electrons. The highest BCUT2D eigenvalue weighted by molar-refractivity contribution is 5.74. The molecule has 0 aromatic carbocycles. The maximum atomic E-state index is 11.9. The highest BCUT2D eigenvalue weighted by Crippen LogP contribution is 2.09. The number of aliphatic carboxylic acids is 1. The van der Waals surface area contributed by atoms with E-state index >= 15 is 0 Å². The second-order valence-corrected chi connectivity index (χ2v) is 5.40. The first-order chi connectivity index (χ1) is 9.38. The molecule has 2 atom stereocenters. The maximum absolute atomic E-state index is 11.9. The lowest BCUT2D eigenvalue weighted by atomic mass is 10.0. The highest BCUT2D eigenvalue weighted by Gasteiger charge is 2.14. The molecule has 0 aliphatic carbocycles. The van der Waals surface area contributed by atoms with Gasteiger partial charge >= 0.3 is 12.0 Å². The summed E-state index contributed by atoms with van der Waals surface area (Å²) in [6, 6.07) is -0.00451. The van der Waals surface area contributed by atoms with E-state index in [-0.39, 0.29) is 18.0 Å². The fourth-order valence-corrected chi connectivity index (χ4v) is 1.84. The number of urea groups is 1. The molecule has 20 heavy (non-hydrogen) atoms. The quantitative estimate of drug-likeness (QED) is 0.532. The van der Waals surface area contributed by atoms with Crippen LogP contribution in [-0.4, -0.2) is 55.2 Å². The zero-order valence-electron chi connectivity index (χ0n) is 13.1. The number of nitrogens with zero attached hydrogens (tertiary/aromatic N) is 1. The summed E-state index contributed by atoms with van der Waals surface area (Å²) in [5, 5.41) is 14.8. The van der Waals surface area contributed by atoms with E-state index in [4.69, 9.17) is 5.11 Å². The SMILES string of the molecule is CNCCCN(C)C(=O)NC(C)CCCC(C)C(=O)O. The van der Waals surface area contributed by atoms with Gasteiger partial charge in [-0.05, 0) is 39.8 Å².